The van der Waals surface area contributed by atoms with Crippen molar-refractivity contribution in [2.45, 2.75) is 35.0 Å². The molecule has 1 saturated carbocycles. The number of hydrogen-bond donors (Lipinski definition) is 1. The number of rotatable bonds is 4. The minimum absolute atomic E-state index is 0.00960. The van der Waals surface area contributed by atoms with Crippen molar-refractivity contribution < 1.29 is 21.6 Å². The lowest BCUT2D eigenvalue weighted by atomic mass is 10.2. The normalized spacial score (nSPS) is 15.4. The predicted molar refractivity (Wildman–Crippen MR) is 77.8 cm³/mol. The van der Waals surface area contributed by atoms with Gasteiger partial charge < -0.3 is 5.32 Å². The summed E-state index contributed by atoms with van der Waals surface area (Å²) in [4.78, 5) is 3.74. The van der Waals surface area contributed by atoms with E-state index in [9.17, 15) is 21.6 Å². The largest absolute Gasteiger partial charge is 0.419 e. The monoisotopic (exact) mass is 342 g/mol. The van der Waals surface area contributed by atoms with Crippen molar-refractivity contribution in [3.63, 3.8) is 0 Å². The first kappa shape index (κ1) is 15.8. The molecule has 3 rings (SSSR count). The molecule has 0 radical (unpaired) electrons. The number of nitrogens with one attached hydrogen (secondary N) is 1. The van der Waals surface area contributed by atoms with Gasteiger partial charge in [-0.05, 0) is 37.1 Å². The summed E-state index contributed by atoms with van der Waals surface area (Å²) >= 11 is 0. The van der Waals surface area contributed by atoms with Gasteiger partial charge in [-0.25, -0.2) is 13.4 Å². The molecule has 1 aliphatic carbocycles. The van der Waals surface area contributed by atoms with Gasteiger partial charge in [-0.3, -0.25) is 0 Å². The lowest BCUT2D eigenvalue weighted by molar-refractivity contribution is -0.137. The number of sulfone groups is 1. The first-order valence-electron chi connectivity index (χ1n) is 6.93. The van der Waals surface area contributed by atoms with Crippen LogP contribution in [0, 0.1) is 0 Å². The molecule has 0 aliphatic heterocycles. The van der Waals surface area contributed by atoms with Crippen LogP contribution in [0.15, 0.2) is 52.4 Å². The highest BCUT2D eigenvalue weighted by Gasteiger charge is 2.37. The van der Waals surface area contributed by atoms with E-state index in [-0.39, 0.29) is 10.9 Å². The van der Waals surface area contributed by atoms with Crippen LogP contribution >= 0.6 is 0 Å². The summed E-state index contributed by atoms with van der Waals surface area (Å²) in [7, 11) is -3.96. The summed E-state index contributed by atoms with van der Waals surface area (Å²) in [6, 6.07) is 9.06. The van der Waals surface area contributed by atoms with Crippen LogP contribution in [-0.4, -0.2) is 19.4 Å². The van der Waals surface area contributed by atoms with E-state index in [0.29, 0.717) is 0 Å². The average Bonchev–Trinajstić information content (AvgIpc) is 3.31. The second-order valence-electron chi connectivity index (χ2n) is 5.28. The Bertz CT molecular complexity index is 816. The number of hydrogen-bond acceptors (Lipinski definition) is 4. The Morgan fingerprint density at radius 3 is 2.26 bits per heavy atom. The molecule has 122 valence electrons. The highest BCUT2D eigenvalue weighted by atomic mass is 32.2. The Balaban J connectivity index is 2.07. The number of alkyl halides is 3. The van der Waals surface area contributed by atoms with Crippen molar-refractivity contribution in [3.05, 3.63) is 48.0 Å². The molecule has 4 nitrogen and oxygen atoms in total. The summed E-state index contributed by atoms with van der Waals surface area (Å²) in [6.45, 7) is 0. The third-order valence-electron chi connectivity index (χ3n) is 3.42. The third kappa shape index (κ3) is 3.31. The van der Waals surface area contributed by atoms with Gasteiger partial charge in [0.25, 0.3) is 0 Å². The molecule has 0 unspecified atom stereocenters. The van der Waals surface area contributed by atoms with Crippen molar-refractivity contribution in [3.8, 4) is 0 Å². The van der Waals surface area contributed by atoms with Crippen LogP contribution < -0.4 is 5.32 Å². The van der Waals surface area contributed by atoms with E-state index in [2.05, 4.69) is 10.3 Å². The quantitative estimate of drug-likeness (QED) is 0.924. The number of halogens is 3. The van der Waals surface area contributed by atoms with Gasteiger partial charge in [-0.1, -0.05) is 18.2 Å². The Morgan fingerprint density at radius 1 is 1.04 bits per heavy atom. The van der Waals surface area contributed by atoms with Gasteiger partial charge in [0.1, 0.15) is 5.82 Å². The molecule has 0 atom stereocenters. The molecule has 1 heterocycles. The molecule has 1 fully saturated rings. The molecule has 1 aromatic heterocycles. The predicted octanol–water partition coefficient (Wildman–Crippen LogP) is 3.51. The van der Waals surface area contributed by atoms with Crippen LogP contribution in [0.2, 0.25) is 0 Å². The van der Waals surface area contributed by atoms with E-state index in [1.165, 1.54) is 12.1 Å². The summed E-state index contributed by atoms with van der Waals surface area (Å²) in [5, 5.41) is 2.26. The average molecular weight is 342 g/mol. The first-order valence-corrected chi connectivity index (χ1v) is 8.42. The van der Waals surface area contributed by atoms with Crippen molar-refractivity contribution in [1.29, 1.82) is 0 Å². The summed E-state index contributed by atoms with van der Waals surface area (Å²) in [5.41, 5.74) is -0.962. The van der Waals surface area contributed by atoms with Crippen LogP contribution in [-0.2, 0) is 16.0 Å². The summed E-state index contributed by atoms with van der Waals surface area (Å²) in [6.07, 6.45) is -3.11. The highest BCUT2D eigenvalue weighted by Crippen LogP contribution is 2.37. The molecule has 1 N–H and O–H groups in total. The fraction of sp³-hybridized carbons (Fsp3) is 0.267. The van der Waals surface area contributed by atoms with Gasteiger partial charge in [0.2, 0.25) is 9.84 Å². The summed E-state index contributed by atoms with van der Waals surface area (Å²) < 4.78 is 64.1. The van der Waals surface area contributed by atoms with Crippen LogP contribution in [0.4, 0.5) is 19.0 Å². The topological polar surface area (TPSA) is 59.1 Å². The molecule has 23 heavy (non-hydrogen) atoms. The van der Waals surface area contributed by atoms with Crippen molar-refractivity contribution in [2.75, 3.05) is 5.32 Å². The lowest BCUT2D eigenvalue weighted by Crippen LogP contribution is -2.16. The van der Waals surface area contributed by atoms with Crippen molar-refractivity contribution >= 4 is 15.7 Å². The Kier molecular flexibility index (Phi) is 3.79. The second kappa shape index (κ2) is 5.52. The standard InChI is InChI=1S/C15H13F3N2O2S/c16-15(17,18)12-8-9-13(20-14(12)19-10-6-7-10)23(21,22)11-4-2-1-3-5-11/h1-5,8-10H,6-7H2,(H,19,20). The van der Waals surface area contributed by atoms with Gasteiger partial charge in [-0.15, -0.1) is 0 Å². The number of benzene rings is 1. The first-order chi connectivity index (χ1) is 10.8. The van der Waals surface area contributed by atoms with Gasteiger partial charge in [0.15, 0.2) is 5.03 Å². The molecule has 8 heteroatoms. The number of nitrogens with zero attached hydrogens (tertiary/aromatic N) is 1. The van der Waals surface area contributed by atoms with Gasteiger partial charge in [0.05, 0.1) is 10.5 Å². The zero-order valence-electron chi connectivity index (χ0n) is 11.8. The van der Waals surface area contributed by atoms with E-state index in [4.69, 9.17) is 0 Å². The number of anilines is 1. The minimum Gasteiger partial charge on any atom is -0.367 e. The molecule has 0 bridgehead atoms. The summed E-state index contributed by atoms with van der Waals surface area (Å²) in [5.74, 6) is -0.433. The van der Waals surface area contributed by atoms with Gasteiger partial charge >= 0.3 is 6.18 Å². The zero-order valence-corrected chi connectivity index (χ0v) is 12.7. The van der Waals surface area contributed by atoms with E-state index in [0.717, 1.165) is 25.0 Å². The van der Waals surface area contributed by atoms with E-state index in [1.807, 2.05) is 0 Å². The highest BCUT2D eigenvalue weighted by molar-refractivity contribution is 7.91. The van der Waals surface area contributed by atoms with Crippen molar-refractivity contribution in [1.82, 2.24) is 4.98 Å². The van der Waals surface area contributed by atoms with Crippen LogP contribution in [0.1, 0.15) is 18.4 Å². The van der Waals surface area contributed by atoms with Crippen molar-refractivity contribution in [2.24, 2.45) is 0 Å². The third-order valence-corrected chi connectivity index (χ3v) is 5.09. The Labute approximate surface area is 131 Å². The molecule has 0 amide bonds. The van der Waals surface area contributed by atoms with Crippen LogP contribution in [0.25, 0.3) is 0 Å². The molecular weight excluding hydrogens is 329 g/mol. The van der Waals surface area contributed by atoms with Gasteiger partial charge in [-0.2, -0.15) is 13.2 Å². The SMILES string of the molecule is O=S(=O)(c1ccccc1)c1ccc(C(F)(F)F)c(NC2CC2)n1. The fourth-order valence-corrected chi connectivity index (χ4v) is 3.29. The van der Waals surface area contributed by atoms with E-state index >= 15 is 0 Å². The number of pyridine rings is 1. The maximum atomic E-state index is 13.0. The smallest absolute Gasteiger partial charge is 0.367 e. The van der Waals surface area contributed by atoms with Crippen LogP contribution in [0.5, 0.6) is 0 Å². The number of aromatic nitrogens is 1. The fourth-order valence-electron chi connectivity index (χ4n) is 2.07. The van der Waals surface area contributed by atoms with Gasteiger partial charge in [0, 0.05) is 6.04 Å². The molecular formula is C15H13F3N2O2S. The maximum Gasteiger partial charge on any atom is 0.419 e. The van der Waals surface area contributed by atoms with E-state index in [1.54, 1.807) is 18.2 Å². The Hall–Kier alpha value is -2.09. The molecule has 1 aromatic carbocycles. The molecule has 1 aliphatic rings. The van der Waals surface area contributed by atoms with Crippen LogP contribution in [0.3, 0.4) is 0 Å². The Morgan fingerprint density at radius 2 is 1.70 bits per heavy atom. The second-order valence-corrected chi connectivity index (χ2v) is 7.18. The molecule has 2 aromatic rings. The van der Waals surface area contributed by atoms with E-state index < -0.39 is 32.4 Å². The molecule has 0 saturated heterocycles. The zero-order chi connectivity index (χ0) is 16.7. The lowest BCUT2D eigenvalue weighted by Gasteiger charge is -2.14. The molecule has 0 spiro atoms. The maximum absolute atomic E-state index is 13.0. The minimum atomic E-state index is -4.60.